The topological polar surface area (TPSA) is 116 Å². The summed E-state index contributed by atoms with van der Waals surface area (Å²) in [6.45, 7) is 5.98. The van der Waals surface area contributed by atoms with Crippen molar-refractivity contribution in [1.82, 2.24) is 0 Å². The third kappa shape index (κ3) is 9.15. The van der Waals surface area contributed by atoms with Gasteiger partial charge in [0.05, 0.1) is 18.2 Å². The predicted octanol–water partition coefficient (Wildman–Crippen LogP) is 5.91. The molecule has 8 heteroatoms. The molecule has 0 saturated carbocycles. The highest BCUT2D eigenvalue weighted by molar-refractivity contribution is 6.10. The lowest BCUT2D eigenvalue weighted by atomic mass is 9.97. The third-order valence-corrected chi connectivity index (χ3v) is 5.31. The Balaban J connectivity index is 3.52. The number of carbonyl (C=O) groups excluding carboxylic acids is 4. The van der Waals surface area contributed by atoms with E-state index in [0.717, 1.165) is 51.7 Å². The molecule has 0 bridgehead atoms. The zero-order chi connectivity index (χ0) is 25.5. The van der Waals surface area contributed by atoms with Gasteiger partial charge in [-0.3, -0.25) is 14.4 Å². The number of benzene rings is 1. The lowest BCUT2D eigenvalue weighted by Crippen LogP contribution is -2.18. The monoisotopic (exact) mass is 478 g/mol. The first-order chi connectivity index (χ1) is 16.3. The summed E-state index contributed by atoms with van der Waals surface area (Å²) in [5.74, 6) is -4.07. The van der Waals surface area contributed by atoms with Crippen molar-refractivity contribution in [2.24, 2.45) is 0 Å². The first-order valence-corrected chi connectivity index (χ1v) is 12.2. The van der Waals surface area contributed by atoms with E-state index in [1.54, 1.807) is 0 Å². The number of methoxy groups -OCH3 is 1. The molecule has 1 rings (SSSR count). The van der Waals surface area contributed by atoms with Crippen LogP contribution in [0, 0.1) is 0 Å². The van der Waals surface area contributed by atoms with E-state index in [9.17, 15) is 24.3 Å². The van der Waals surface area contributed by atoms with E-state index in [-0.39, 0.29) is 30.4 Å². The number of unbranched alkanes of at least 4 members (excludes halogenated alkanes) is 6. The number of esters is 3. The molecule has 1 aromatic rings. The van der Waals surface area contributed by atoms with Crippen LogP contribution in [-0.2, 0) is 14.3 Å². The van der Waals surface area contributed by atoms with Crippen molar-refractivity contribution in [3.63, 3.8) is 0 Å². The second kappa shape index (κ2) is 15.9. The van der Waals surface area contributed by atoms with Gasteiger partial charge in [-0.05, 0) is 25.3 Å². The fourth-order valence-corrected chi connectivity index (χ4v) is 3.40. The summed E-state index contributed by atoms with van der Waals surface area (Å²) in [6, 6.07) is 1.02. The lowest BCUT2D eigenvalue weighted by Gasteiger charge is -2.18. The summed E-state index contributed by atoms with van der Waals surface area (Å²) < 4.78 is 15.6. The molecule has 0 aliphatic heterocycles. The molecular formula is C26H38O8. The molecule has 0 amide bonds. The highest BCUT2D eigenvalue weighted by atomic mass is 16.6. The summed E-state index contributed by atoms with van der Waals surface area (Å²) in [5, 5.41) is 10.6. The van der Waals surface area contributed by atoms with Crippen molar-refractivity contribution >= 4 is 23.7 Å². The second-order valence-corrected chi connectivity index (χ2v) is 8.21. The first-order valence-electron chi connectivity index (χ1n) is 12.2. The summed E-state index contributed by atoms with van der Waals surface area (Å²) in [7, 11) is 1.14. The smallest absolute Gasteiger partial charge is 0.338 e. The third-order valence-electron chi connectivity index (χ3n) is 5.31. The van der Waals surface area contributed by atoms with Crippen LogP contribution in [0.3, 0.4) is 0 Å². The van der Waals surface area contributed by atoms with Gasteiger partial charge in [0, 0.05) is 19.3 Å². The van der Waals surface area contributed by atoms with Crippen LogP contribution in [0.25, 0.3) is 0 Å². The van der Waals surface area contributed by atoms with Gasteiger partial charge in [0.1, 0.15) is 0 Å². The average molecular weight is 479 g/mol. The van der Waals surface area contributed by atoms with Crippen LogP contribution >= 0.6 is 0 Å². The largest absolute Gasteiger partial charge is 0.504 e. The SMILES string of the molecule is CCCCCC(=O)Oc1c(O)cc(C(=O)OC)c(C(=O)CCCCC)c1OC(=O)CCCCC. The number of Topliss-reactive ketones (excluding diaryl/α,β-unsaturated/α-hetero) is 1. The van der Waals surface area contributed by atoms with Gasteiger partial charge in [0.15, 0.2) is 17.3 Å². The standard InChI is InChI=1S/C26H38O8/c1-5-8-11-14-19(27)23-18(26(31)32-4)17-20(28)24(33-21(29)15-12-9-6-2)25(23)34-22(30)16-13-10-7-3/h17,28H,5-16H2,1-4H3. The van der Waals surface area contributed by atoms with Crippen molar-refractivity contribution in [3.8, 4) is 17.2 Å². The van der Waals surface area contributed by atoms with Gasteiger partial charge in [-0.15, -0.1) is 0 Å². The second-order valence-electron chi connectivity index (χ2n) is 8.21. The molecule has 0 aliphatic carbocycles. The van der Waals surface area contributed by atoms with E-state index in [2.05, 4.69) is 0 Å². The maximum atomic E-state index is 13.2. The van der Waals surface area contributed by atoms with Gasteiger partial charge in [0.2, 0.25) is 5.75 Å². The molecule has 8 nitrogen and oxygen atoms in total. The maximum Gasteiger partial charge on any atom is 0.338 e. The first kappa shape index (κ1) is 29.1. The van der Waals surface area contributed by atoms with Crippen LogP contribution in [0.15, 0.2) is 6.07 Å². The van der Waals surface area contributed by atoms with E-state index < -0.39 is 40.9 Å². The van der Waals surface area contributed by atoms with Crippen molar-refractivity contribution < 1.29 is 38.5 Å². The molecule has 0 spiro atoms. The molecular weight excluding hydrogens is 440 g/mol. The quantitative estimate of drug-likeness (QED) is 0.135. The molecule has 0 fully saturated rings. The molecule has 0 saturated heterocycles. The highest BCUT2D eigenvalue weighted by Crippen LogP contribution is 2.43. The normalized spacial score (nSPS) is 10.6. The Labute approximate surface area is 202 Å². The van der Waals surface area contributed by atoms with Crippen LogP contribution in [0.2, 0.25) is 0 Å². The molecule has 0 radical (unpaired) electrons. The fraction of sp³-hybridized carbons (Fsp3) is 0.615. The number of ketones is 1. The number of carbonyl (C=O) groups is 4. The van der Waals surface area contributed by atoms with E-state index in [1.165, 1.54) is 0 Å². The number of hydrogen-bond donors (Lipinski definition) is 1. The number of aromatic hydroxyl groups is 1. The number of hydrogen-bond acceptors (Lipinski definition) is 8. The van der Waals surface area contributed by atoms with E-state index in [1.807, 2.05) is 20.8 Å². The molecule has 1 N–H and O–H groups in total. The molecule has 0 unspecified atom stereocenters. The molecule has 0 aromatic heterocycles. The number of phenolic OH excluding ortho intramolecular Hbond substituents is 1. The van der Waals surface area contributed by atoms with Gasteiger partial charge >= 0.3 is 17.9 Å². The zero-order valence-electron chi connectivity index (χ0n) is 20.9. The Bertz CT molecular complexity index is 844. The van der Waals surface area contributed by atoms with Gasteiger partial charge in [0.25, 0.3) is 0 Å². The highest BCUT2D eigenvalue weighted by Gasteiger charge is 2.31. The van der Waals surface area contributed by atoms with Gasteiger partial charge < -0.3 is 19.3 Å². The van der Waals surface area contributed by atoms with E-state index in [0.29, 0.717) is 19.3 Å². The van der Waals surface area contributed by atoms with Crippen LogP contribution in [0.5, 0.6) is 17.2 Å². The summed E-state index contributed by atoms with van der Waals surface area (Å²) in [6.07, 6.45) is 7.09. The summed E-state index contributed by atoms with van der Waals surface area (Å²) in [5.41, 5.74) is -0.468. The van der Waals surface area contributed by atoms with Crippen LogP contribution < -0.4 is 9.47 Å². The van der Waals surface area contributed by atoms with Crippen molar-refractivity contribution in [2.75, 3.05) is 7.11 Å². The van der Waals surface area contributed by atoms with Gasteiger partial charge in [-0.1, -0.05) is 59.3 Å². The van der Waals surface area contributed by atoms with Crippen molar-refractivity contribution in [3.05, 3.63) is 17.2 Å². The lowest BCUT2D eigenvalue weighted by molar-refractivity contribution is -0.137. The van der Waals surface area contributed by atoms with Crippen LogP contribution in [-0.4, -0.2) is 35.9 Å². The Morgan fingerprint density at radius 3 is 1.68 bits per heavy atom. The minimum Gasteiger partial charge on any atom is -0.504 e. The van der Waals surface area contributed by atoms with Crippen molar-refractivity contribution in [2.45, 2.75) is 97.8 Å². The average Bonchev–Trinajstić information content (AvgIpc) is 2.80. The molecule has 190 valence electrons. The van der Waals surface area contributed by atoms with Crippen LogP contribution in [0.1, 0.15) is 119 Å². The van der Waals surface area contributed by atoms with E-state index in [4.69, 9.17) is 14.2 Å². The molecule has 0 atom stereocenters. The molecule has 34 heavy (non-hydrogen) atoms. The Morgan fingerprint density at radius 1 is 0.735 bits per heavy atom. The number of rotatable bonds is 16. The maximum absolute atomic E-state index is 13.2. The minimum atomic E-state index is -0.877. The van der Waals surface area contributed by atoms with Gasteiger partial charge in [-0.2, -0.15) is 0 Å². The minimum absolute atomic E-state index is 0.0738. The molecule has 0 aliphatic rings. The van der Waals surface area contributed by atoms with Crippen molar-refractivity contribution in [1.29, 1.82) is 0 Å². The number of phenols is 1. The molecule has 1 aromatic carbocycles. The van der Waals surface area contributed by atoms with Crippen LogP contribution in [0.4, 0.5) is 0 Å². The Kier molecular flexibility index (Phi) is 13.6. The summed E-state index contributed by atoms with van der Waals surface area (Å²) >= 11 is 0. The fourth-order valence-electron chi connectivity index (χ4n) is 3.40. The Hall–Kier alpha value is -2.90. The Morgan fingerprint density at radius 2 is 1.21 bits per heavy atom. The zero-order valence-corrected chi connectivity index (χ0v) is 20.9. The molecule has 0 heterocycles. The number of ether oxygens (including phenoxy) is 3. The predicted molar refractivity (Wildman–Crippen MR) is 127 cm³/mol. The van der Waals surface area contributed by atoms with E-state index >= 15 is 0 Å². The van der Waals surface area contributed by atoms with Gasteiger partial charge in [-0.25, -0.2) is 4.79 Å². The summed E-state index contributed by atoms with van der Waals surface area (Å²) in [4.78, 5) is 50.6.